The van der Waals surface area contributed by atoms with E-state index in [2.05, 4.69) is 24.5 Å². The van der Waals surface area contributed by atoms with Gasteiger partial charge in [-0.2, -0.15) is 0 Å². The van der Waals surface area contributed by atoms with Crippen molar-refractivity contribution in [3.05, 3.63) is 0 Å². The number of likely N-dealkylation sites (N-methyl/N-ethyl adjacent to an activating group) is 1. The first-order valence-corrected chi connectivity index (χ1v) is 6.24. The highest BCUT2D eigenvalue weighted by atomic mass is 14.9. The van der Waals surface area contributed by atoms with Crippen molar-refractivity contribution in [3.63, 3.8) is 0 Å². The second kappa shape index (κ2) is 6.41. The van der Waals surface area contributed by atoms with Crippen LogP contribution in [0.5, 0.6) is 0 Å². The zero-order chi connectivity index (χ0) is 10.3. The van der Waals surface area contributed by atoms with Gasteiger partial charge in [0.2, 0.25) is 0 Å². The van der Waals surface area contributed by atoms with E-state index in [1.54, 1.807) is 0 Å². The van der Waals surface area contributed by atoms with Crippen LogP contribution in [0, 0.1) is 5.41 Å². The van der Waals surface area contributed by atoms with E-state index in [0.717, 1.165) is 19.6 Å². The quantitative estimate of drug-likeness (QED) is 0.613. The summed E-state index contributed by atoms with van der Waals surface area (Å²) in [5.41, 5.74) is 0.645. The van der Waals surface area contributed by atoms with Gasteiger partial charge in [0.25, 0.3) is 0 Å². The van der Waals surface area contributed by atoms with Crippen LogP contribution < -0.4 is 10.6 Å². The Kier molecular flexibility index (Phi) is 5.49. The highest BCUT2D eigenvalue weighted by Crippen LogP contribution is 2.40. The Morgan fingerprint density at radius 3 is 2.21 bits per heavy atom. The Morgan fingerprint density at radius 2 is 1.64 bits per heavy atom. The number of rotatable bonds is 7. The highest BCUT2D eigenvalue weighted by molar-refractivity contribution is 4.85. The topological polar surface area (TPSA) is 24.1 Å². The van der Waals surface area contributed by atoms with Gasteiger partial charge in [-0.3, -0.25) is 0 Å². The summed E-state index contributed by atoms with van der Waals surface area (Å²) in [7, 11) is 0. The lowest BCUT2D eigenvalue weighted by atomic mass is 9.83. The smallest absolute Gasteiger partial charge is 0.00769 e. The average molecular weight is 198 g/mol. The Bertz CT molecular complexity index is 139. The summed E-state index contributed by atoms with van der Waals surface area (Å²) >= 11 is 0. The molecule has 0 atom stereocenters. The first kappa shape index (κ1) is 12.0. The Labute approximate surface area is 88.8 Å². The first-order chi connectivity index (χ1) is 6.83. The summed E-state index contributed by atoms with van der Waals surface area (Å²) in [6.45, 7) is 9.04. The fourth-order valence-electron chi connectivity index (χ4n) is 2.49. The van der Waals surface area contributed by atoms with Crippen LogP contribution in [0.25, 0.3) is 0 Å². The van der Waals surface area contributed by atoms with Crippen LogP contribution >= 0.6 is 0 Å². The van der Waals surface area contributed by atoms with E-state index in [-0.39, 0.29) is 0 Å². The molecule has 0 heterocycles. The lowest BCUT2D eigenvalue weighted by Crippen LogP contribution is -2.35. The molecule has 1 aliphatic carbocycles. The number of hydrogen-bond donors (Lipinski definition) is 2. The molecule has 0 aromatic carbocycles. The summed E-state index contributed by atoms with van der Waals surface area (Å²) in [5.74, 6) is 0. The zero-order valence-electron chi connectivity index (χ0n) is 9.86. The first-order valence-electron chi connectivity index (χ1n) is 6.24. The Balaban J connectivity index is 2.08. The maximum Gasteiger partial charge on any atom is 0.00769 e. The molecule has 2 heteroatoms. The van der Waals surface area contributed by atoms with Crippen molar-refractivity contribution < 1.29 is 0 Å². The summed E-state index contributed by atoms with van der Waals surface area (Å²) in [6, 6.07) is 0. The summed E-state index contributed by atoms with van der Waals surface area (Å²) in [4.78, 5) is 0. The molecule has 0 unspecified atom stereocenters. The Hall–Kier alpha value is -0.0800. The van der Waals surface area contributed by atoms with Gasteiger partial charge in [-0.1, -0.05) is 26.7 Å². The number of nitrogens with one attached hydrogen (secondary N) is 2. The molecule has 14 heavy (non-hydrogen) atoms. The van der Waals surface area contributed by atoms with Crippen molar-refractivity contribution in [3.8, 4) is 0 Å². The number of hydrogen-bond acceptors (Lipinski definition) is 2. The average Bonchev–Trinajstić information content (AvgIpc) is 2.67. The molecule has 0 saturated heterocycles. The molecule has 84 valence electrons. The molecule has 0 aromatic rings. The van der Waals surface area contributed by atoms with Gasteiger partial charge in [0.1, 0.15) is 0 Å². The molecule has 2 N–H and O–H groups in total. The molecule has 1 fully saturated rings. The third-order valence-corrected chi connectivity index (χ3v) is 3.64. The van der Waals surface area contributed by atoms with Gasteiger partial charge in [-0.05, 0) is 31.2 Å². The minimum absolute atomic E-state index is 0.645. The van der Waals surface area contributed by atoms with Crippen LogP contribution in [-0.4, -0.2) is 26.2 Å². The minimum Gasteiger partial charge on any atom is -0.316 e. The van der Waals surface area contributed by atoms with Gasteiger partial charge in [-0.25, -0.2) is 0 Å². The third kappa shape index (κ3) is 3.58. The van der Waals surface area contributed by atoms with Gasteiger partial charge in [0.05, 0.1) is 0 Å². The summed E-state index contributed by atoms with van der Waals surface area (Å²) in [6.07, 6.45) is 7.13. The van der Waals surface area contributed by atoms with E-state index < -0.39 is 0 Å². The van der Waals surface area contributed by atoms with E-state index in [0.29, 0.717) is 5.41 Å². The SMILES string of the molecule is CCNCCNCC1(CC)CCCC1. The van der Waals surface area contributed by atoms with Crippen molar-refractivity contribution in [2.45, 2.75) is 46.0 Å². The molecule has 0 aliphatic heterocycles. The van der Waals surface area contributed by atoms with Gasteiger partial charge in [0, 0.05) is 19.6 Å². The molecule has 1 saturated carbocycles. The predicted octanol–water partition coefficient (Wildman–Crippen LogP) is 2.16. The molecule has 0 spiro atoms. The molecule has 1 aliphatic rings. The molecule has 0 aromatic heterocycles. The van der Waals surface area contributed by atoms with Crippen LogP contribution in [-0.2, 0) is 0 Å². The van der Waals surface area contributed by atoms with E-state index in [1.807, 2.05) is 0 Å². The molecule has 2 nitrogen and oxygen atoms in total. The molecular formula is C12H26N2. The van der Waals surface area contributed by atoms with Crippen LogP contribution in [0.4, 0.5) is 0 Å². The van der Waals surface area contributed by atoms with Gasteiger partial charge >= 0.3 is 0 Å². The second-order valence-corrected chi connectivity index (χ2v) is 4.59. The fourth-order valence-corrected chi connectivity index (χ4v) is 2.49. The van der Waals surface area contributed by atoms with Crippen molar-refractivity contribution in [2.75, 3.05) is 26.2 Å². The van der Waals surface area contributed by atoms with Crippen molar-refractivity contribution in [2.24, 2.45) is 5.41 Å². The lowest BCUT2D eigenvalue weighted by Gasteiger charge is -2.27. The van der Waals surface area contributed by atoms with E-state index in [9.17, 15) is 0 Å². The standard InChI is InChI=1S/C12H26N2/c1-3-12(7-5-6-8-12)11-14-10-9-13-4-2/h13-14H,3-11H2,1-2H3. The maximum absolute atomic E-state index is 3.59. The van der Waals surface area contributed by atoms with Gasteiger partial charge in [0.15, 0.2) is 0 Å². The van der Waals surface area contributed by atoms with Crippen molar-refractivity contribution >= 4 is 0 Å². The van der Waals surface area contributed by atoms with Crippen LogP contribution in [0.15, 0.2) is 0 Å². The monoisotopic (exact) mass is 198 g/mol. The van der Waals surface area contributed by atoms with Crippen LogP contribution in [0.1, 0.15) is 46.0 Å². The Morgan fingerprint density at radius 1 is 1.00 bits per heavy atom. The van der Waals surface area contributed by atoms with E-state index >= 15 is 0 Å². The summed E-state index contributed by atoms with van der Waals surface area (Å²) in [5, 5.41) is 6.93. The van der Waals surface area contributed by atoms with Crippen LogP contribution in [0.2, 0.25) is 0 Å². The van der Waals surface area contributed by atoms with Crippen LogP contribution in [0.3, 0.4) is 0 Å². The largest absolute Gasteiger partial charge is 0.316 e. The lowest BCUT2D eigenvalue weighted by molar-refractivity contribution is 0.269. The fraction of sp³-hybridized carbons (Fsp3) is 1.00. The van der Waals surface area contributed by atoms with Gasteiger partial charge < -0.3 is 10.6 Å². The normalized spacial score (nSPS) is 20.1. The van der Waals surface area contributed by atoms with E-state index in [4.69, 9.17) is 0 Å². The molecular weight excluding hydrogens is 172 g/mol. The van der Waals surface area contributed by atoms with E-state index in [1.165, 1.54) is 38.6 Å². The third-order valence-electron chi connectivity index (χ3n) is 3.64. The van der Waals surface area contributed by atoms with Crippen molar-refractivity contribution in [1.29, 1.82) is 0 Å². The highest BCUT2D eigenvalue weighted by Gasteiger charge is 2.31. The van der Waals surface area contributed by atoms with Crippen molar-refractivity contribution in [1.82, 2.24) is 10.6 Å². The minimum atomic E-state index is 0.645. The molecule has 0 radical (unpaired) electrons. The summed E-state index contributed by atoms with van der Waals surface area (Å²) < 4.78 is 0. The zero-order valence-corrected chi connectivity index (χ0v) is 9.86. The predicted molar refractivity (Wildman–Crippen MR) is 62.6 cm³/mol. The molecule has 0 bridgehead atoms. The van der Waals surface area contributed by atoms with Gasteiger partial charge in [-0.15, -0.1) is 0 Å². The second-order valence-electron chi connectivity index (χ2n) is 4.59. The molecule has 1 rings (SSSR count). The maximum atomic E-state index is 3.59. The molecule has 0 amide bonds.